The maximum Gasteiger partial charge on any atom is 0.242 e. The fourth-order valence-corrected chi connectivity index (χ4v) is 1.72. The minimum absolute atomic E-state index is 0.150. The van der Waals surface area contributed by atoms with Crippen molar-refractivity contribution in [2.75, 3.05) is 13.7 Å². The van der Waals surface area contributed by atoms with Crippen LogP contribution in [0.2, 0.25) is 0 Å². The SMILES string of the molecule is COc1ccc(C(Cl)C(=O)NCCC(C)C)cc1. The molecule has 0 saturated carbocycles. The third kappa shape index (κ3) is 4.57. The summed E-state index contributed by atoms with van der Waals surface area (Å²) in [6, 6.07) is 7.20. The fourth-order valence-electron chi connectivity index (χ4n) is 1.50. The summed E-state index contributed by atoms with van der Waals surface area (Å²) in [7, 11) is 1.60. The summed E-state index contributed by atoms with van der Waals surface area (Å²) in [6.45, 7) is 4.90. The van der Waals surface area contributed by atoms with Crippen LogP contribution < -0.4 is 10.1 Å². The molecule has 0 bridgehead atoms. The molecule has 3 nitrogen and oxygen atoms in total. The number of hydrogen-bond acceptors (Lipinski definition) is 2. The number of halogens is 1. The quantitative estimate of drug-likeness (QED) is 0.806. The lowest BCUT2D eigenvalue weighted by Gasteiger charge is -2.12. The van der Waals surface area contributed by atoms with Crippen LogP contribution in [0, 0.1) is 5.92 Å². The molecule has 1 atom stereocenters. The van der Waals surface area contributed by atoms with Crippen molar-refractivity contribution in [2.24, 2.45) is 5.92 Å². The first-order chi connectivity index (χ1) is 8.54. The third-order valence-electron chi connectivity index (χ3n) is 2.66. The van der Waals surface area contributed by atoms with Crippen LogP contribution in [0.5, 0.6) is 5.75 Å². The van der Waals surface area contributed by atoms with Gasteiger partial charge in [0.25, 0.3) is 0 Å². The Morgan fingerprint density at radius 1 is 1.33 bits per heavy atom. The summed E-state index contributed by atoms with van der Waals surface area (Å²) in [5, 5.41) is 2.19. The number of rotatable bonds is 6. The topological polar surface area (TPSA) is 38.3 Å². The first-order valence-electron chi connectivity index (χ1n) is 6.10. The molecule has 1 unspecified atom stereocenters. The molecule has 1 aromatic carbocycles. The third-order valence-corrected chi connectivity index (χ3v) is 3.11. The summed E-state index contributed by atoms with van der Waals surface area (Å²) in [4.78, 5) is 11.8. The zero-order valence-electron chi connectivity index (χ0n) is 11.1. The molecule has 0 aromatic heterocycles. The number of benzene rings is 1. The van der Waals surface area contributed by atoms with Gasteiger partial charge in [0.2, 0.25) is 5.91 Å². The molecule has 0 aliphatic heterocycles. The average molecular weight is 270 g/mol. The van der Waals surface area contributed by atoms with Crippen LogP contribution in [0.3, 0.4) is 0 Å². The molecular weight excluding hydrogens is 250 g/mol. The molecule has 18 heavy (non-hydrogen) atoms. The van der Waals surface area contributed by atoms with Crippen molar-refractivity contribution in [1.29, 1.82) is 0 Å². The van der Waals surface area contributed by atoms with Gasteiger partial charge in [-0.3, -0.25) is 4.79 Å². The van der Waals surface area contributed by atoms with E-state index in [-0.39, 0.29) is 5.91 Å². The fraction of sp³-hybridized carbons (Fsp3) is 0.500. The van der Waals surface area contributed by atoms with E-state index in [0.717, 1.165) is 17.7 Å². The highest BCUT2D eigenvalue weighted by atomic mass is 35.5. The summed E-state index contributed by atoms with van der Waals surface area (Å²) < 4.78 is 5.06. The van der Waals surface area contributed by atoms with Gasteiger partial charge in [-0.1, -0.05) is 26.0 Å². The normalized spacial score (nSPS) is 12.3. The van der Waals surface area contributed by atoms with Gasteiger partial charge in [-0.2, -0.15) is 0 Å². The van der Waals surface area contributed by atoms with Gasteiger partial charge < -0.3 is 10.1 Å². The lowest BCUT2D eigenvalue weighted by atomic mass is 10.1. The van der Waals surface area contributed by atoms with E-state index in [0.29, 0.717) is 12.5 Å². The highest BCUT2D eigenvalue weighted by Crippen LogP contribution is 2.23. The van der Waals surface area contributed by atoms with Crippen molar-refractivity contribution in [3.8, 4) is 5.75 Å². The van der Waals surface area contributed by atoms with Crippen molar-refractivity contribution in [2.45, 2.75) is 25.6 Å². The molecule has 1 aromatic rings. The van der Waals surface area contributed by atoms with E-state index in [9.17, 15) is 4.79 Å². The van der Waals surface area contributed by atoms with Crippen LogP contribution in [-0.4, -0.2) is 19.6 Å². The number of nitrogens with one attached hydrogen (secondary N) is 1. The Hall–Kier alpha value is -1.22. The Kier molecular flexibility index (Phi) is 5.99. The minimum atomic E-state index is -0.650. The van der Waals surface area contributed by atoms with Gasteiger partial charge in [0.1, 0.15) is 11.1 Å². The Labute approximate surface area is 113 Å². The van der Waals surface area contributed by atoms with E-state index in [2.05, 4.69) is 19.2 Å². The molecule has 0 radical (unpaired) electrons. The summed E-state index contributed by atoms with van der Waals surface area (Å²) >= 11 is 6.11. The highest BCUT2D eigenvalue weighted by Gasteiger charge is 2.17. The van der Waals surface area contributed by atoms with Gasteiger partial charge in [-0.25, -0.2) is 0 Å². The molecule has 0 saturated heterocycles. The molecule has 0 fully saturated rings. The van der Waals surface area contributed by atoms with E-state index >= 15 is 0 Å². The smallest absolute Gasteiger partial charge is 0.242 e. The van der Waals surface area contributed by atoms with Gasteiger partial charge >= 0.3 is 0 Å². The molecule has 1 N–H and O–H groups in total. The van der Waals surface area contributed by atoms with E-state index in [1.807, 2.05) is 0 Å². The molecule has 0 spiro atoms. The number of amides is 1. The van der Waals surface area contributed by atoms with Crippen molar-refractivity contribution >= 4 is 17.5 Å². The molecule has 100 valence electrons. The molecule has 0 heterocycles. The van der Waals surface area contributed by atoms with Crippen molar-refractivity contribution in [3.63, 3.8) is 0 Å². The number of methoxy groups -OCH3 is 1. The maximum absolute atomic E-state index is 11.8. The second-order valence-corrected chi connectivity index (χ2v) is 5.05. The van der Waals surface area contributed by atoms with Gasteiger partial charge in [-0.15, -0.1) is 11.6 Å². The molecule has 1 amide bonds. The first kappa shape index (κ1) is 14.8. The monoisotopic (exact) mass is 269 g/mol. The molecule has 0 aliphatic carbocycles. The van der Waals surface area contributed by atoms with Crippen molar-refractivity contribution in [3.05, 3.63) is 29.8 Å². The van der Waals surface area contributed by atoms with Crippen molar-refractivity contribution < 1.29 is 9.53 Å². The van der Waals surface area contributed by atoms with Gasteiger partial charge in [0.05, 0.1) is 7.11 Å². The van der Waals surface area contributed by atoms with Crippen LogP contribution in [0.1, 0.15) is 31.2 Å². The standard InChI is InChI=1S/C14H20ClNO2/c1-10(2)8-9-16-14(17)13(15)11-4-6-12(18-3)7-5-11/h4-7,10,13H,8-9H2,1-3H3,(H,16,17). The van der Waals surface area contributed by atoms with Crippen LogP contribution in [-0.2, 0) is 4.79 Å². The summed E-state index contributed by atoms with van der Waals surface area (Å²) in [5.74, 6) is 1.17. The predicted octanol–water partition coefficient (Wildman–Crippen LogP) is 3.14. The van der Waals surface area contributed by atoms with Crippen LogP contribution in [0.25, 0.3) is 0 Å². The molecular formula is C14H20ClNO2. The Morgan fingerprint density at radius 2 is 1.94 bits per heavy atom. The zero-order valence-corrected chi connectivity index (χ0v) is 11.8. The average Bonchev–Trinajstić information content (AvgIpc) is 2.37. The second-order valence-electron chi connectivity index (χ2n) is 4.61. The summed E-state index contributed by atoms with van der Waals surface area (Å²) in [5.41, 5.74) is 0.777. The molecule has 4 heteroatoms. The molecule has 0 aliphatic rings. The highest BCUT2D eigenvalue weighted by molar-refractivity contribution is 6.30. The molecule has 1 rings (SSSR count). The Morgan fingerprint density at radius 3 is 2.44 bits per heavy atom. The maximum atomic E-state index is 11.8. The Bertz CT molecular complexity index is 376. The largest absolute Gasteiger partial charge is 0.497 e. The number of ether oxygens (including phenoxy) is 1. The lowest BCUT2D eigenvalue weighted by molar-refractivity contribution is -0.120. The summed E-state index contributed by atoms with van der Waals surface area (Å²) in [6.07, 6.45) is 0.956. The predicted molar refractivity (Wildman–Crippen MR) is 74.1 cm³/mol. The number of hydrogen-bond donors (Lipinski definition) is 1. The van der Waals surface area contributed by atoms with E-state index in [1.54, 1.807) is 31.4 Å². The van der Waals surface area contributed by atoms with Crippen LogP contribution in [0.4, 0.5) is 0 Å². The van der Waals surface area contributed by atoms with Gasteiger partial charge in [0, 0.05) is 6.54 Å². The number of alkyl halides is 1. The van der Waals surface area contributed by atoms with Crippen LogP contribution in [0.15, 0.2) is 24.3 Å². The number of carbonyl (C=O) groups is 1. The first-order valence-corrected chi connectivity index (χ1v) is 6.54. The van der Waals surface area contributed by atoms with Gasteiger partial charge in [0.15, 0.2) is 0 Å². The van der Waals surface area contributed by atoms with E-state index in [4.69, 9.17) is 16.3 Å². The second kappa shape index (κ2) is 7.27. The number of carbonyl (C=O) groups excluding carboxylic acids is 1. The van der Waals surface area contributed by atoms with Crippen molar-refractivity contribution in [1.82, 2.24) is 5.32 Å². The van der Waals surface area contributed by atoms with E-state index < -0.39 is 5.38 Å². The zero-order chi connectivity index (χ0) is 13.5. The lowest BCUT2D eigenvalue weighted by Crippen LogP contribution is -2.28. The van der Waals surface area contributed by atoms with E-state index in [1.165, 1.54) is 0 Å². The van der Waals surface area contributed by atoms with Crippen LogP contribution >= 0.6 is 11.6 Å². The van der Waals surface area contributed by atoms with Gasteiger partial charge in [-0.05, 0) is 30.0 Å². The Balaban J connectivity index is 2.51. The minimum Gasteiger partial charge on any atom is -0.497 e.